The summed E-state index contributed by atoms with van der Waals surface area (Å²) in [5.41, 5.74) is 2.07. The summed E-state index contributed by atoms with van der Waals surface area (Å²) in [6.07, 6.45) is 5.47. The number of benzene rings is 1. The first kappa shape index (κ1) is 21.0. The molecule has 0 spiro atoms. The number of hydrogen-bond acceptors (Lipinski definition) is 6. The number of nitrogens with zero attached hydrogens (tertiary/aromatic N) is 3. The van der Waals surface area contributed by atoms with Gasteiger partial charge in [0.1, 0.15) is 0 Å². The van der Waals surface area contributed by atoms with Crippen LogP contribution in [-0.4, -0.2) is 34.5 Å². The molecule has 0 saturated heterocycles. The van der Waals surface area contributed by atoms with Gasteiger partial charge in [-0.1, -0.05) is 24.9 Å². The van der Waals surface area contributed by atoms with Crippen molar-refractivity contribution in [1.82, 2.24) is 9.97 Å². The van der Waals surface area contributed by atoms with Crippen molar-refractivity contribution in [2.45, 2.75) is 52.1 Å². The largest absolute Gasteiger partial charge is 0.462 e. The van der Waals surface area contributed by atoms with Crippen molar-refractivity contribution in [1.29, 1.82) is 0 Å². The van der Waals surface area contributed by atoms with Crippen LogP contribution < -0.4 is 10.2 Å². The Kier molecular flexibility index (Phi) is 6.69. The minimum absolute atomic E-state index is 0.0212. The Balaban J connectivity index is 1.94. The second-order valence-electron chi connectivity index (χ2n) is 7.16. The molecular weight excluding hydrogens is 392 g/mol. The van der Waals surface area contributed by atoms with Gasteiger partial charge in [0.15, 0.2) is 0 Å². The fourth-order valence-electron chi connectivity index (χ4n) is 3.54. The number of carbonyl (C=O) groups is 2. The molecule has 7 nitrogen and oxygen atoms in total. The number of ether oxygens (including phenoxy) is 1. The maximum Gasteiger partial charge on any atom is 0.338 e. The third-order valence-corrected chi connectivity index (χ3v) is 5.10. The fourth-order valence-corrected chi connectivity index (χ4v) is 3.64. The van der Waals surface area contributed by atoms with Crippen LogP contribution in [0.5, 0.6) is 0 Å². The van der Waals surface area contributed by atoms with E-state index in [0.717, 1.165) is 24.1 Å². The van der Waals surface area contributed by atoms with Crippen molar-refractivity contribution in [2.24, 2.45) is 0 Å². The molecule has 154 valence electrons. The maximum absolute atomic E-state index is 12.4. The van der Waals surface area contributed by atoms with Crippen LogP contribution in [0.3, 0.4) is 0 Å². The van der Waals surface area contributed by atoms with E-state index >= 15 is 0 Å². The van der Waals surface area contributed by atoms with Crippen molar-refractivity contribution in [2.75, 3.05) is 16.8 Å². The number of unbranched alkanes of at least 4 members (excludes halogenated alkanes) is 1. The molecule has 1 aromatic heterocycles. The van der Waals surface area contributed by atoms with Crippen LogP contribution in [0.1, 0.15) is 62.0 Å². The Hall–Kier alpha value is -2.67. The second-order valence-corrected chi connectivity index (χ2v) is 7.60. The number of halogens is 1. The first-order chi connectivity index (χ1) is 13.9. The average molecular weight is 417 g/mol. The molecular formula is C21H25ClN4O3. The van der Waals surface area contributed by atoms with Crippen molar-refractivity contribution in [3.63, 3.8) is 0 Å². The molecule has 2 aromatic rings. The molecule has 0 fully saturated rings. The summed E-state index contributed by atoms with van der Waals surface area (Å²) in [6, 6.07) is 5.11. The number of anilines is 2. The summed E-state index contributed by atoms with van der Waals surface area (Å²) in [7, 11) is 0. The Bertz CT molecular complexity index is 888. The molecule has 2 atom stereocenters. The van der Waals surface area contributed by atoms with E-state index in [1.54, 1.807) is 30.0 Å². The smallest absolute Gasteiger partial charge is 0.338 e. The lowest BCUT2D eigenvalue weighted by atomic mass is 9.90. The van der Waals surface area contributed by atoms with E-state index in [2.05, 4.69) is 15.3 Å². The van der Waals surface area contributed by atoms with Gasteiger partial charge in [0.05, 0.1) is 35.6 Å². The quantitative estimate of drug-likeness (QED) is 0.555. The normalized spacial score (nSPS) is 18.1. The van der Waals surface area contributed by atoms with Gasteiger partial charge >= 0.3 is 5.97 Å². The van der Waals surface area contributed by atoms with Crippen LogP contribution in [0.2, 0.25) is 5.02 Å². The lowest BCUT2D eigenvalue weighted by molar-refractivity contribution is -0.117. The summed E-state index contributed by atoms with van der Waals surface area (Å²) in [6.45, 7) is 5.97. The van der Waals surface area contributed by atoms with E-state index in [1.807, 2.05) is 13.8 Å². The zero-order valence-corrected chi connectivity index (χ0v) is 17.6. The number of fused-ring (bicyclic) bond motifs is 1. The van der Waals surface area contributed by atoms with E-state index < -0.39 is 0 Å². The van der Waals surface area contributed by atoms with Crippen molar-refractivity contribution >= 4 is 35.1 Å². The predicted molar refractivity (Wildman–Crippen MR) is 112 cm³/mol. The average Bonchev–Trinajstić information content (AvgIpc) is 2.69. The molecule has 0 unspecified atom stereocenters. The first-order valence-electron chi connectivity index (χ1n) is 9.75. The second kappa shape index (κ2) is 9.22. The lowest BCUT2D eigenvalue weighted by Gasteiger charge is -2.39. The van der Waals surface area contributed by atoms with Crippen LogP contribution in [0.15, 0.2) is 30.6 Å². The monoisotopic (exact) mass is 416 g/mol. The van der Waals surface area contributed by atoms with Crippen LogP contribution in [-0.2, 0) is 9.53 Å². The number of rotatable bonds is 6. The van der Waals surface area contributed by atoms with Gasteiger partial charge in [0.25, 0.3) is 0 Å². The number of nitrogens with one attached hydrogen (secondary N) is 1. The lowest BCUT2D eigenvalue weighted by Crippen LogP contribution is -2.43. The minimum atomic E-state index is -0.365. The highest BCUT2D eigenvalue weighted by Crippen LogP contribution is 2.39. The van der Waals surface area contributed by atoms with Crippen LogP contribution in [0.4, 0.5) is 11.6 Å². The number of esters is 1. The molecule has 0 aliphatic carbocycles. The third kappa shape index (κ3) is 4.85. The zero-order valence-electron chi connectivity index (χ0n) is 16.8. The van der Waals surface area contributed by atoms with E-state index in [0.29, 0.717) is 29.6 Å². The van der Waals surface area contributed by atoms with Gasteiger partial charge in [-0.15, -0.1) is 0 Å². The number of aromatic nitrogens is 2. The van der Waals surface area contributed by atoms with Gasteiger partial charge in [-0.3, -0.25) is 4.79 Å². The van der Waals surface area contributed by atoms with Crippen LogP contribution >= 0.6 is 11.6 Å². The molecule has 8 heteroatoms. The number of hydrogen-bond donors (Lipinski definition) is 1. The van der Waals surface area contributed by atoms with Gasteiger partial charge in [0, 0.05) is 18.7 Å². The molecule has 3 rings (SSSR count). The highest BCUT2D eigenvalue weighted by Gasteiger charge is 2.33. The van der Waals surface area contributed by atoms with Crippen LogP contribution in [0, 0.1) is 0 Å². The summed E-state index contributed by atoms with van der Waals surface area (Å²) < 4.78 is 5.34. The zero-order chi connectivity index (χ0) is 21.0. The van der Waals surface area contributed by atoms with Gasteiger partial charge < -0.3 is 15.0 Å². The van der Waals surface area contributed by atoms with E-state index in [-0.39, 0.29) is 24.0 Å². The van der Waals surface area contributed by atoms with Gasteiger partial charge in [-0.05, 0) is 43.5 Å². The highest BCUT2D eigenvalue weighted by atomic mass is 35.5. The minimum Gasteiger partial charge on any atom is -0.462 e. The molecule has 1 N–H and O–H groups in total. The standard InChI is InChI=1S/C21H25ClN4O3/c1-4-5-8-29-20(28)15-6-7-19-17(10-15)18(9-13(2)26(19)14(3)27)25-21-23-11-16(22)12-24-21/h6-7,10-13,18H,4-5,8-9H2,1-3H3,(H,23,24,25)/t13-,18+/m0/s1. The molecule has 1 aromatic carbocycles. The van der Waals surface area contributed by atoms with Crippen molar-refractivity contribution in [3.8, 4) is 0 Å². The highest BCUT2D eigenvalue weighted by molar-refractivity contribution is 6.30. The Labute approximate surface area is 175 Å². The van der Waals surface area contributed by atoms with Gasteiger partial charge in [0.2, 0.25) is 11.9 Å². The summed E-state index contributed by atoms with van der Waals surface area (Å²) in [5, 5.41) is 3.75. The van der Waals surface area contributed by atoms with E-state index in [1.165, 1.54) is 12.4 Å². The molecule has 2 heterocycles. The van der Waals surface area contributed by atoms with Gasteiger partial charge in [-0.2, -0.15) is 0 Å². The molecule has 0 saturated carbocycles. The van der Waals surface area contributed by atoms with E-state index in [4.69, 9.17) is 16.3 Å². The Morgan fingerprint density at radius 3 is 2.69 bits per heavy atom. The molecule has 1 aliphatic rings. The first-order valence-corrected chi connectivity index (χ1v) is 10.1. The molecule has 0 radical (unpaired) electrons. The summed E-state index contributed by atoms with van der Waals surface area (Å²) >= 11 is 5.87. The molecule has 1 amide bonds. The van der Waals surface area contributed by atoms with Gasteiger partial charge in [-0.25, -0.2) is 14.8 Å². The molecule has 1 aliphatic heterocycles. The molecule has 29 heavy (non-hydrogen) atoms. The summed E-state index contributed by atoms with van der Waals surface area (Å²) in [5.74, 6) is 0.0266. The van der Waals surface area contributed by atoms with Crippen LogP contribution in [0.25, 0.3) is 0 Å². The SMILES string of the molecule is CCCCOC(=O)c1ccc2c(c1)[C@H](Nc1ncc(Cl)cn1)C[C@H](C)N2C(C)=O. The van der Waals surface area contributed by atoms with Crippen molar-refractivity contribution in [3.05, 3.63) is 46.7 Å². The number of amides is 1. The topological polar surface area (TPSA) is 84.4 Å². The fraction of sp³-hybridized carbons (Fsp3) is 0.429. The Morgan fingerprint density at radius 2 is 2.03 bits per heavy atom. The number of carbonyl (C=O) groups excluding carboxylic acids is 2. The predicted octanol–water partition coefficient (Wildman–Crippen LogP) is 4.39. The molecule has 0 bridgehead atoms. The maximum atomic E-state index is 12.4. The third-order valence-electron chi connectivity index (χ3n) is 4.91. The van der Waals surface area contributed by atoms with Crippen molar-refractivity contribution < 1.29 is 14.3 Å². The summed E-state index contributed by atoms with van der Waals surface area (Å²) in [4.78, 5) is 34.8. The van der Waals surface area contributed by atoms with E-state index in [9.17, 15) is 9.59 Å². The Morgan fingerprint density at radius 1 is 1.31 bits per heavy atom.